The van der Waals surface area contributed by atoms with Crippen LogP contribution >= 0.6 is 11.3 Å². The van der Waals surface area contributed by atoms with Crippen LogP contribution in [0.2, 0.25) is 0 Å². The summed E-state index contributed by atoms with van der Waals surface area (Å²) in [6, 6.07) is 6.15. The Labute approximate surface area is 139 Å². The molecule has 0 unspecified atom stereocenters. The third kappa shape index (κ3) is 3.23. The van der Waals surface area contributed by atoms with E-state index in [2.05, 4.69) is 15.3 Å². The molecule has 3 aromatic rings. The largest absolute Gasteiger partial charge is 0.328 e. The van der Waals surface area contributed by atoms with Crippen molar-refractivity contribution in [2.75, 3.05) is 5.32 Å². The van der Waals surface area contributed by atoms with E-state index in [1.54, 1.807) is 6.92 Å². The maximum Gasteiger partial charge on any atom is 0.258 e. The number of halogens is 2. The first-order valence-electron chi connectivity index (χ1n) is 6.87. The number of aromatic nitrogens is 2. The number of anilines is 1. The molecule has 0 saturated carbocycles. The van der Waals surface area contributed by atoms with Crippen molar-refractivity contribution in [2.24, 2.45) is 0 Å². The lowest BCUT2D eigenvalue weighted by Gasteiger charge is -2.01. The van der Waals surface area contributed by atoms with E-state index in [-0.39, 0.29) is 11.1 Å². The fraction of sp³-hybridized carbons (Fsp3) is 0.0625. The number of pyridine rings is 1. The highest BCUT2D eigenvalue weighted by Crippen LogP contribution is 2.31. The molecule has 2 N–H and O–H groups in total. The van der Waals surface area contributed by atoms with E-state index in [4.69, 9.17) is 0 Å². The monoisotopic (exact) mass is 347 g/mol. The zero-order chi connectivity index (χ0) is 17.3. The second-order valence-corrected chi connectivity index (χ2v) is 6.15. The number of nitrogens with one attached hydrogen (secondary N) is 2. The van der Waals surface area contributed by atoms with Gasteiger partial charge in [0, 0.05) is 22.7 Å². The third-order valence-corrected chi connectivity index (χ3v) is 4.14. The summed E-state index contributed by atoms with van der Waals surface area (Å²) in [6.07, 6.45) is 1.30. The van der Waals surface area contributed by atoms with Crippen LogP contribution in [0.15, 0.2) is 41.3 Å². The first-order valence-corrected chi connectivity index (χ1v) is 7.68. The Morgan fingerprint density at radius 2 is 2.00 bits per heavy atom. The zero-order valence-electron chi connectivity index (χ0n) is 12.4. The standard InChI is InChI=1S/C16H11F2N3O2S/c1-8-14(9-2-4-11(17)12(18)6-9)20-16(24-8)21-15(23)10-3-5-13(22)19-7-10/h2-7H,1H3,(H,19,22)(H,20,21,23). The Kier molecular flexibility index (Phi) is 4.22. The molecule has 0 aliphatic heterocycles. The summed E-state index contributed by atoms with van der Waals surface area (Å²) >= 11 is 1.21. The molecule has 3 rings (SSSR count). The summed E-state index contributed by atoms with van der Waals surface area (Å²) in [7, 11) is 0. The summed E-state index contributed by atoms with van der Waals surface area (Å²) in [5, 5.41) is 2.94. The van der Waals surface area contributed by atoms with Gasteiger partial charge in [-0.25, -0.2) is 13.8 Å². The van der Waals surface area contributed by atoms with Crippen LogP contribution < -0.4 is 10.9 Å². The summed E-state index contributed by atoms with van der Waals surface area (Å²) in [4.78, 5) is 30.5. The lowest BCUT2D eigenvalue weighted by atomic mass is 10.1. The molecule has 0 saturated heterocycles. The first kappa shape index (κ1) is 16.0. The molecule has 0 aliphatic carbocycles. The number of thiazole rings is 1. The van der Waals surface area contributed by atoms with Gasteiger partial charge in [0.25, 0.3) is 5.91 Å². The smallest absolute Gasteiger partial charge is 0.258 e. The fourth-order valence-corrected chi connectivity index (χ4v) is 2.91. The van der Waals surface area contributed by atoms with Gasteiger partial charge in [-0.3, -0.25) is 14.9 Å². The second kappa shape index (κ2) is 6.32. The molecule has 0 bridgehead atoms. The summed E-state index contributed by atoms with van der Waals surface area (Å²) in [5.41, 5.74) is 0.858. The predicted molar refractivity (Wildman–Crippen MR) is 87.2 cm³/mol. The van der Waals surface area contributed by atoms with Crippen molar-refractivity contribution in [1.82, 2.24) is 9.97 Å². The third-order valence-electron chi connectivity index (χ3n) is 3.26. The molecule has 0 atom stereocenters. The number of aromatic amines is 1. The van der Waals surface area contributed by atoms with Crippen LogP contribution in [0.25, 0.3) is 11.3 Å². The molecule has 0 aliphatic rings. The highest BCUT2D eigenvalue weighted by Gasteiger charge is 2.14. The number of carbonyl (C=O) groups excluding carboxylic acids is 1. The van der Waals surface area contributed by atoms with E-state index >= 15 is 0 Å². The van der Waals surface area contributed by atoms with E-state index in [1.807, 2.05) is 0 Å². The van der Waals surface area contributed by atoms with Gasteiger partial charge in [0.1, 0.15) is 0 Å². The number of benzene rings is 1. The Morgan fingerprint density at radius 3 is 2.67 bits per heavy atom. The van der Waals surface area contributed by atoms with E-state index in [0.29, 0.717) is 16.4 Å². The molecule has 0 spiro atoms. The Balaban J connectivity index is 1.86. The van der Waals surface area contributed by atoms with Gasteiger partial charge in [-0.05, 0) is 31.2 Å². The van der Waals surface area contributed by atoms with Gasteiger partial charge in [0.05, 0.1) is 11.3 Å². The predicted octanol–water partition coefficient (Wildman–Crippen LogP) is 3.34. The number of amides is 1. The van der Waals surface area contributed by atoms with Gasteiger partial charge in [-0.15, -0.1) is 11.3 Å². The van der Waals surface area contributed by atoms with Crippen LogP contribution in [0.3, 0.4) is 0 Å². The number of H-pyrrole nitrogens is 1. The molecule has 2 aromatic heterocycles. The summed E-state index contributed by atoms with van der Waals surface area (Å²) < 4.78 is 26.4. The van der Waals surface area contributed by atoms with Gasteiger partial charge in [0.15, 0.2) is 16.8 Å². The molecule has 8 heteroatoms. The minimum Gasteiger partial charge on any atom is -0.328 e. The number of aryl methyl sites for hydroxylation is 1. The molecular formula is C16H11F2N3O2S. The average Bonchev–Trinajstić information content (AvgIpc) is 2.91. The Morgan fingerprint density at radius 1 is 1.21 bits per heavy atom. The van der Waals surface area contributed by atoms with Crippen molar-refractivity contribution < 1.29 is 13.6 Å². The average molecular weight is 347 g/mol. The molecule has 0 fully saturated rings. The quantitative estimate of drug-likeness (QED) is 0.763. The van der Waals surface area contributed by atoms with Crippen molar-refractivity contribution in [3.05, 3.63) is 69.0 Å². The van der Waals surface area contributed by atoms with Crippen LogP contribution in [-0.2, 0) is 0 Å². The van der Waals surface area contributed by atoms with E-state index in [1.165, 1.54) is 35.7 Å². The van der Waals surface area contributed by atoms with Crippen LogP contribution in [0.5, 0.6) is 0 Å². The topological polar surface area (TPSA) is 74.8 Å². The zero-order valence-corrected chi connectivity index (χ0v) is 13.2. The van der Waals surface area contributed by atoms with Crippen molar-refractivity contribution >= 4 is 22.4 Å². The summed E-state index contributed by atoms with van der Waals surface area (Å²) in [5.74, 6) is -2.33. The minimum absolute atomic E-state index is 0.275. The van der Waals surface area contributed by atoms with Crippen molar-refractivity contribution in [2.45, 2.75) is 6.92 Å². The number of hydrogen-bond acceptors (Lipinski definition) is 4. The highest BCUT2D eigenvalue weighted by atomic mass is 32.1. The maximum atomic E-state index is 13.4. The number of rotatable bonds is 3. The van der Waals surface area contributed by atoms with Crippen LogP contribution in [0.1, 0.15) is 15.2 Å². The lowest BCUT2D eigenvalue weighted by Crippen LogP contribution is -2.14. The van der Waals surface area contributed by atoms with Gasteiger partial charge in [-0.2, -0.15) is 0 Å². The van der Waals surface area contributed by atoms with E-state index in [9.17, 15) is 18.4 Å². The molecule has 1 amide bonds. The summed E-state index contributed by atoms with van der Waals surface area (Å²) in [6.45, 7) is 1.77. The molecule has 0 radical (unpaired) electrons. The minimum atomic E-state index is -0.960. The normalized spacial score (nSPS) is 10.6. The maximum absolute atomic E-state index is 13.4. The molecule has 122 valence electrons. The number of hydrogen-bond donors (Lipinski definition) is 2. The van der Waals surface area contributed by atoms with Gasteiger partial charge in [-0.1, -0.05) is 0 Å². The lowest BCUT2D eigenvalue weighted by molar-refractivity contribution is 0.102. The van der Waals surface area contributed by atoms with Gasteiger partial charge >= 0.3 is 0 Å². The SMILES string of the molecule is Cc1sc(NC(=O)c2ccc(=O)[nH]c2)nc1-c1ccc(F)c(F)c1. The fourth-order valence-electron chi connectivity index (χ4n) is 2.08. The number of nitrogens with zero attached hydrogens (tertiary/aromatic N) is 1. The van der Waals surface area contributed by atoms with Crippen LogP contribution in [-0.4, -0.2) is 15.9 Å². The molecule has 1 aromatic carbocycles. The Hall–Kier alpha value is -2.87. The molecule has 5 nitrogen and oxygen atoms in total. The van der Waals surface area contributed by atoms with Gasteiger partial charge in [0.2, 0.25) is 5.56 Å². The Bertz CT molecular complexity index is 961. The van der Waals surface area contributed by atoms with Crippen molar-refractivity contribution in [3.63, 3.8) is 0 Å². The van der Waals surface area contributed by atoms with E-state index in [0.717, 1.165) is 17.0 Å². The van der Waals surface area contributed by atoms with Crippen molar-refractivity contribution in [1.29, 1.82) is 0 Å². The molecule has 24 heavy (non-hydrogen) atoms. The van der Waals surface area contributed by atoms with Crippen molar-refractivity contribution in [3.8, 4) is 11.3 Å². The van der Waals surface area contributed by atoms with Crippen LogP contribution in [0.4, 0.5) is 13.9 Å². The van der Waals surface area contributed by atoms with Crippen LogP contribution in [0, 0.1) is 18.6 Å². The number of carbonyl (C=O) groups is 1. The second-order valence-electron chi connectivity index (χ2n) is 4.95. The highest BCUT2D eigenvalue weighted by molar-refractivity contribution is 7.16. The molecular weight excluding hydrogens is 336 g/mol. The first-order chi connectivity index (χ1) is 11.4. The van der Waals surface area contributed by atoms with Gasteiger partial charge < -0.3 is 4.98 Å². The molecule has 2 heterocycles. The van der Waals surface area contributed by atoms with E-state index < -0.39 is 17.5 Å².